The Morgan fingerprint density at radius 2 is 2.44 bits per heavy atom. The van der Waals surface area contributed by atoms with Gasteiger partial charge in [0.25, 0.3) is 5.91 Å². The van der Waals surface area contributed by atoms with E-state index in [4.69, 9.17) is 4.42 Å². The Kier molecular flexibility index (Phi) is 2.91. The average molecular weight is 262 g/mol. The molecule has 1 fully saturated rings. The first-order chi connectivity index (χ1) is 8.79. The quantitative estimate of drug-likeness (QED) is 0.850. The van der Waals surface area contributed by atoms with E-state index in [1.165, 1.54) is 11.3 Å². The van der Waals surface area contributed by atoms with Crippen molar-refractivity contribution < 1.29 is 9.21 Å². The summed E-state index contributed by atoms with van der Waals surface area (Å²) in [5.74, 6) is 0.752. The van der Waals surface area contributed by atoms with E-state index < -0.39 is 0 Å². The number of rotatable bonds is 4. The maximum Gasteiger partial charge on any atom is 0.273 e. The third-order valence-corrected chi connectivity index (χ3v) is 3.90. The Morgan fingerprint density at radius 3 is 3.06 bits per heavy atom. The van der Waals surface area contributed by atoms with Gasteiger partial charge in [0, 0.05) is 18.0 Å². The van der Waals surface area contributed by atoms with Crippen LogP contribution in [-0.2, 0) is 0 Å². The van der Waals surface area contributed by atoms with Crippen molar-refractivity contribution in [2.24, 2.45) is 0 Å². The number of thiazole rings is 1. The van der Waals surface area contributed by atoms with E-state index in [2.05, 4.69) is 4.98 Å². The molecule has 0 atom stereocenters. The summed E-state index contributed by atoms with van der Waals surface area (Å²) in [4.78, 5) is 18.5. The van der Waals surface area contributed by atoms with Crippen LogP contribution in [0.25, 0.3) is 10.8 Å². The van der Waals surface area contributed by atoms with E-state index in [1.54, 1.807) is 6.26 Å². The number of nitrogens with zero attached hydrogens (tertiary/aromatic N) is 2. The number of furan rings is 1. The second kappa shape index (κ2) is 4.57. The van der Waals surface area contributed by atoms with Crippen molar-refractivity contribution in [1.82, 2.24) is 9.88 Å². The smallest absolute Gasteiger partial charge is 0.273 e. The highest BCUT2D eigenvalue weighted by atomic mass is 32.1. The van der Waals surface area contributed by atoms with E-state index in [0.717, 1.165) is 24.4 Å². The zero-order chi connectivity index (χ0) is 12.5. The van der Waals surface area contributed by atoms with E-state index in [0.29, 0.717) is 17.5 Å². The van der Waals surface area contributed by atoms with Crippen molar-refractivity contribution in [2.45, 2.75) is 25.8 Å². The molecule has 18 heavy (non-hydrogen) atoms. The second-order valence-electron chi connectivity index (χ2n) is 4.34. The number of amides is 1. The lowest BCUT2D eigenvalue weighted by molar-refractivity contribution is 0.0747. The molecule has 0 saturated heterocycles. The molecule has 2 heterocycles. The summed E-state index contributed by atoms with van der Waals surface area (Å²) >= 11 is 1.44. The van der Waals surface area contributed by atoms with Gasteiger partial charge < -0.3 is 9.32 Å². The van der Waals surface area contributed by atoms with Crippen LogP contribution in [0.5, 0.6) is 0 Å². The number of carbonyl (C=O) groups is 1. The molecule has 2 aromatic heterocycles. The predicted molar refractivity (Wildman–Crippen MR) is 69.5 cm³/mol. The summed E-state index contributed by atoms with van der Waals surface area (Å²) in [6.45, 7) is 2.76. The van der Waals surface area contributed by atoms with Gasteiger partial charge in [-0.3, -0.25) is 4.79 Å². The normalized spacial score (nSPS) is 14.7. The van der Waals surface area contributed by atoms with Crippen molar-refractivity contribution in [2.75, 3.05) is 6.54 Å². The van der Waals surface area contributed by atoms with Crippen molar-refractivity contribution in [1.29, 1.82) is 0 Å². The first kappa shape index (κ1) is 11.5. The molecule has 1 aliphatic rings. The molecule has 2 aromatic rings. The number of hydrogen-bond donors (Lipinski definition) is 0. The molecule has 1 aliphatic carbocycles. The fraction of sp³-hybridized carbons (Fsp3) is 0.385. The lowest BCUT2D eigenvalue weighted by atomic mass is 10.3. The van der Waals surface area contributed by atoms with Crippen LogP contribution in [0.1, 0.15) is 30.3 Å². The highest BCUT2D eigenvalue weighted by Crippen LogP contribution is 2.29. The Morgan fingerprint density at radius 1 is 1.61 bits per heavy atom. The molecular formula is C13H14N2O2S. The van der Waals surface area contributed by atoms with Crippen molar-refractivity contribution in [3.05, 3.63) is 29.5 Å². The third-order valence-electron chi connectivity index (χ3n) is 3.04. The van der Waals surface area contributed by atoms with Crippen LogP contribution >= 0.6 is 11.3 Å². The largest absolute Gasteiger partial charge is 0.462 e. The van der Waals surface area contributed by atoms with E-state index >= 15 is 0 Å². The molecule has 0 bridgehead atoms. The lowest BCUT2D eigenvalue weighted by Gasteiger charge is -2.18. The van der Waals surface area contributed by atoms with Gasteiger partial charge in [-0.15, -0.1) is 11.3 Å². The molecule has 3 rings (SSSR count). The topological polar surface area (TPSA) is 46.3 Å². The lowest BCUT2D eigenvalue weighted by Crippen LogP contribution is -2.33. The Bertz CT molecular complexity index is 543. The Labute approximate surface area is 109 Å². The second-order valence-corrected chi connectivity index (χ2v) is 5.20. The molecule has 4 nitrogen and oxygen atoms in total. The van der Waals surface area contributed by atoms with Gasteiger partial charge >= 0.3 is 0 Å². The molecule has 0 spiro atoms. The fourth-order valence-corrected chi connectivity index (χ4v) is 2.75. The first-order valence-corrected chi connectivity index (χ1v) is 6.98. The highest BCUT2D eigenvalue weighted by Gasteiger charge is 2.32. The van der Waals surface area contributed by atoms with Crippen LogP contribution in [0, 0.1) is 0 Å². The van der Waals surface area contributed by atoms with Crippen LogP contribution in [-0.4, -0.2) is 28.4 Å². The molecule has 0 N–H and O–H groups in total. The summed E-state index contributed by atoms with van der Waals surface area (Å²) in [6.07, 6.45) is 3.85. The standard InChI is InChI=1S/C13H14N2O2S/c1-2-15(9-5-6-9)13(16)10-8-18-12(14-10)11-4-3-7-17-11/h3-4,7-9H,2,5-6H2,1H3. The van der Waals surface area contributed by atoms with Crippen molar-refractivity contribution >= 4 is 17.2 Å². The van der Waals surface area contributed by atoms with Gasteiger partial charge in [-0.05, 0) is 31.9 Å². The molecule has 0 unspecified atom stereocenters. The number of carbonyl (C=O) groups excluding carboxylic acids is 1. The average Bonchev–Trinajstić information content (AvgIpc) is 2.92. The van der Waals surface area contributed by atoms with Crippen LogP contribution < -0.4 is 0 Å². The third kappa shape index (κ3) is 2.06. The first-order valence-electron chi connectivity index (χ1n) is 6.10. The SMILES string of the molecule is CCN(C(=O)c1csc(-c2ccco2)n1)C1CC1. The maximum absolute atomic E-state index is 12.3. The molecule has 0 radical (unpaired) electrons. The van der Waals surface area contributed by atoms with Gasteiger partial charge in [-0.1, -0.05) is 0 Å². The van der Waals surface area contributed by atoms with Crippen LogP contribution in [0.15, 0.2) is 28.2 Å². The Balaban J connectivity index is 1.82. The molecular weight excluding hydrogens is 248 g/mol. The molecule has 94 valence electrons. The zero-order valence-electron chi connectivity index (χ0n) is 10.1. The summed E-state index contributed by atoms with van der Waals surface area (Å²) < 4.78 is 5.28. The molecule has 1 saturated carbocycles. The van der Waals surface area contributed by atoms with Gasteiger partial charge in [0.1, 0.15) is 5.69 Å². The molecule has 0 aromatic carbocycles. The minimum atomic E-state index is 0.0362. The minimum absolute atomic E-state index is 0.0362. The van der Waals surface area contributed by atoms with E-state index in [-0.39, 0.29) is 5.91 Å². The summed E-state index contributed by atoms with van der Waals surface area (Å²) in [5, 5.41) is 2.57. The monoisotopic (exact) mass is 262 g/mol. The number of aromatic nitrogens is 1. The van der Waals surface area contributed by atoms with Gasteiger partial charge in [0.2, 0.25) is 0 Å². The predicted octanol–water partition coefficient (Wildman–Crippen LogP) is 3.03. The summed E-state index contributed by atoms with van der Waals surface area (Å²) in [7, 11) is 0. The summed E-state index contributed by atoms with van der Waals surface area (Å²) in [5.41, 5.74) is 0.528. The van der Waals surface area contributed by atoms with Gasteiger partial charge in [0.15, 0.2) is 10.8 Å². The van der Waals surface area contributed by atoms with Crippen molar-refractivity contribution in [3.8, 4) is 10.8 Å². The zero-order valence-corrected chi connectivity index (χ0v) is 10.9. The molecule has 1 amide bonds. The molecule has 0 aliphatic heterocycles. The van der Waals surface area contributed by atoms with Gasteiger partial charge in [-0.2, -0.15) is 0 Å². The van der Waals surface area contributed by atoms with E-state index in [1.807, 2.05) is 29.3 Å². The van der Waals surface area contributed by atoms with Crippen molar-refractivity contribution in [3.63, 3.8) is 0 Å². The fourth-order valence-electron chi connectivity index (χ4n) is 1.99. The maximum atomic E-state index is 12.3. The number of hydrogen-bond acceptors (Lipinski definition) is 4. The van der Waals surface area contributed by atoms with Crippen LogP contribution in [0.3, 0.4) is 0 Å². The van der Waals surface area contributed by atoms with E-state index in [9.17, 15) is 4.79 Å². The minimum Gasteiger partial charge on any atom is -0.462 e. The molecule has 5 heteroatoms. The Hall–Kier alpha value is -1.62. The van der Waals surface area contributed by atoms with Crippen LogP contribution in [0.4, 0.5) is 0 Å². The highest BCUT2D eigenvalue weighted by molar-refractivity contribution is 7.13. The van der Waals surface area contributed by atoms with Crippen LogP contribution in [0.2, 0.25) is 0 Å². The van der Waals surface area contributed by atoms with Gasteiger partial charge in [0.05, 0.1) is 6.26 Å². The summed E-state index contributed by atoms with van der Waals surface area (Å²) in [6, 6.07) is 4.10. The van der Waals surface area contributed by atoms with Gasteiger partial charge in [-0.25, -0.2) is 4.98 Å².